The first-order valence-electron chi connectivity index (χ1n) is 6.15. The molecule has 0 aliphatic heterocycles. The molecule has 0 fully saturated rings. The lowest BCUT2D eigenvalue weighted by Crippen LogP contribution is -2.35. The molecule has 0 amide bonds. The number of methoxy groups -OCH3 is 1. The van der Waals surface area contributed by atoms with Gasteiger partial charge in [-0.15, -0.1) is 0 Å². The normalized spacial score (nSPS) is 10.9. The third-order valence-corrected chi connectivity index (χ3v) is 3.17. The summed E-state index contributed by atoms with van der Waals surface area (Å²) in [6, 6.07) is 11.5. The second-order valence-electron chi connectivity index (χ2n) is 4.36. The van der Waals surface area contributed by atoms with Crippen LogP contribution in [0.3, 0.4) is 0 Å². The number of nitrogens with zero attached hydrogens (tertiary/aromatic N) is 1. The van der Waals surface area contributed by atoms with Crippen LogP contribution in [0.4, 0.5) is 0 Å². The molecule has 0 spiro atoms. The number of likely N-dealkylation sites (N-methyl/N-ethyl adjacent to an activating group) is 1. The van der Waals surface area contributed by atoms with Crippen molar-refractivity contribution in [3.8, 4) is 5.75 Å². The van der Waals surface area contributed by atoms with E-state index in [0.717, 1.165) is 22.1 Å². The molecule has 0 saturated carbocycles. The monoisotopic (exact) mass is 258 g/mol. The van der Waals surface area contributed by atoms with E-state index in [-0.39, 0.29) is 5.78 Å². The van der Waals surface area contributed by atoms with Gasteiger partial charge in [0.05, 0.1) is 13.7 Å². The molecule has 2 rings (SSSR count). The van der Waals surface area contributed by atoms with E-state index >= 15 is 0 Å². The van der Waals surface area contributed by atoms with Crippen molar-refractivity contribution in [3.63, 3.8) is 0 Å². The van der Waals surface area contributed by atoms with E-state index in [1.54, 1.807) is 19.2 Å². The zero-order valence-electron chi connectivity index (χ0n) is 11.4. The van der Waals surface area contributed by atoms with E-state index < -0.39 is 0 Å². The fourth-order valence-electron chi connectivity index (χ4n) is 2.07. The fraction of sp³-hybridized carbons (Fsp3) is 0.267. The molecule has 0 aliphatic carbocycles. The summed E-state index contributed by atoms with van der Waals surface area (Å²) in [4.78, 5) is 12.3. The quantitative estimate of drug-likeness (QED) is 0.658. The number of ether oxygens (including phenoxy) is 1. The lowest BCUT2D eigenvalue weighted by Gasteiger charge is -2.15. The Morgan fingerprint density at radius 3 is 2.53 bits per heavy atom. The zero-order chi connectivity index (χ0) is 13.8. The molecule has 0 radical (unpaired) electrons. The maximum atomic E-state index is 12.3. The second-order valence-corrected chi connectivity index (χ2v) is 4.36. The molecule has 0 unspecified atom stereocenters. The van der Waals surface area contributed by atoms with Crippen LogP contribution in [0.1, 0.15) is 10.4 Å². The zero-order valence-corrected chi connectivity index (χ0v) is 11.4. The third kappa shape index (κ3) is 2.75. The highest BCUT2D eigenvalue weighted by Gasteiger charge is 2.13. The van der Waals surface area contributed by atoms with Gasteiger partial charge in [0.25, 0.3) is 0 Å². The number of Topliss-reactive ketones (excluding diaryl/α,β-unsaturated/α-hetero) is 1. The minimum absolute atomic E-state index is 0.0794. The van der Waals surface area contributed by atoms with Crippen LogP contribution in [0.2, 0.25) is 0 Å². The van der Waals surface area contributed by atoms with Crippen LogP contribution in [0.15, 0.2) is 36.4 Å². The molecule has 19 heavy (non-hydrogen) atoms. The minimum Gasteiger partial charge on any atom is -0.496 e. The molecule has 2 aromatic rings. The average molecular weight is 258 g/mol. The lowest BCUT2D eigenvalue weighted by atomic mass is 10.0. The molecular formula is C15H18N2O2. The summed E-state index contributed by atoms with van der Waals surface area (Å²) in [5.74, 6) is 0.866. The lowest BCUT2D eigenvalue weighted by molar-refractivity contribution is 0.0924. The van der Waals surface area contributed by atoms with Crippen molar-refractivity contribution >= 4 is 16.6 Å². The van der Waals surface area contributed by atoms with Gasteiger partial charge >= 0.3 is 0 Å². The number of nitrogens with one attached hydrogen (secondary N) is 1. The summed E-state index contributed by atoms with van der Waals surface area (Å²) in [7, 11) is 5.26. The Morgan fingerprint density at radius 1 is 1.21 bits per heavy atom. The Hall–Kier alpha value is -1.91. The smallest absolute Gasteiger partial charge is 0.178 e. The van der Waals surface area contributed by atoms with Gasteiger partial charge in [-0.1, -0.05) is 24.3 Å². The Kier molecular flexibility index (Phi) is 4.14. The third-order valence-electron chi connectivity index (χ3n) is 3.17. The van der Waals surface area contributed by atoms with Gasteiger partial charge in [0.2, 0.25) is 0 Å². The fourth-order valence-corrected chi connectivity index (χ4v) is 2.07. The highest BCUT2D eigenvalue weighted by atomic mass is 16.5. The van der Waals surface area contributed by atoms with Gasteiger partial charge < -0.3 is 4.74 Å². The number of carbonyl (C=O) groups excluding carboxylic acids is 1. The SMILES string of the molecule is CNN(C)CC(=O)c1ccc(OC)c2ccccc12. The summed E-state index contributed by atoms with van der Waals surface area (Å²) >= 11 is 0. The number of hydrazine groups is 1. The van der Waals surface area contributed by atoms with Gasteiger partial charge in [-0.2, -0.15) is 0 Å². The van der Waals surface area contributed by atoms with Gasteiger partial charge in [0, 0.05) is 18.0 Å². The van der Waals surface area contributed by atoms with E-state index in [4.69, 9.17) is 4.74 Å². The highest BCUT2D eigenvalue weighted by Crippen LogP contribution is 2.28. The largest absolute Gasteiger partial charge is 0.496 e. The molecule has 4 heteroatoms. The first kappa shape index (κ1) is 13.5. The number of carbonyl (C=O) groups is 1. The van der Waals surface area contributed by atoms with Gasteiger partial charge in [-0.25, -0.2) is 5.01 Å². The van der Waals surface area contributed by atoms with Crippen molar-refractivity contribution in [1.29, 1.82) is 0 Å². The van der Waals surface area contributed by atoms with Crippen LogP contribution in [-0.2, 0) is 0 Å². The van der Waals surface area contributed by atoms with Crippen molar-refractivity contribution in [3.05, 3.63) is 42.0 Å². The maximum Gasteiger partial charge on any atom is 0.178 e. The minimum atomic E-state index is 0.0794. The number of benzene rings is 2. The van der Waals surface area contributed by atoms with E-state index in [9.17, 15) is 4.79 Å². The Bertz CT molecular complexity index is 596. The first-order chi connectivity index (χ1) is 9.17. The summed E-state index contributed by atoms with van der Waals surface area (Å²) in [6.45, 7) is 0.326. The van der Waals surface area contributed by atoms with Crippen molar-refractivity contribution in [2.45, 2.75) is 0 Å². The van der Waals surface area contributed by atoms with E-state index in [0.29, 0.717) is 6.54 Å². The predicted molar refractivity (Wildman–Crippen MR) is 76.5 cm³/mol. The predicted octanol–water partition coefficient (Wildman–Crippen LogP) is 2.10. The molecule has 0 heterocycles. The van der Waals surface area contributed by atoms with E-state index in [2.05, 4.69) is 5.43 Å². The topological polar surface area (TPSA) is 41.6 Å². The maximum absolute atomic E-state index is 12.3. The van der Waals surface area contributed by atoms with Crippen LogP contribution in [0, 0.1) is 0 Å². The molecule has 4 nitrogen and oxygen atoms in total. The first-order valence-corrected chi connectivity index (χ1v) is 6.15. The molecular weight excluding hydrogens is 240 g/mol. The molecule has 1 N–H and O–H groups in total. The highest BCUT2D eigenvalue weighted by molar-refractivity contribution is 6.10. The van der Waals surface area contributed by atoms with Crippen LogP contribution in [0.5, 0.6) is 5.75 Å². The molecule has 0 atom stereocenters. The number of hydrogen-bond acceptors (Lipinski definition) is 4. The Balaban J connectivity index is 2.47. The summed E-state index contributed by atoms with van der Waals surface area (Å²) in [6.07, 6.45) is 0. The molecule has 0 bridgehead atoms. The summed E-state index contributed by atoms with van der Waals surface area (Å²) in [5, 5.41) is 3.64. The standard InChI is InChI=1S/C15H18N2O2/c1-16-17(2)10-14(18)12-8-9-15(19-3)13-7-5-4-6-11(12)13/h4-9,16H,10H2,1-3H3. The number of fused-ring (bicyclic) bond motifs is 1. The summed E-state index contributed by atoms with van der Waals surface area (Å²) in [5.41, 5.74) is 3.64. The van der Waals surface area contributed by atoms with Crippen LogP contribution in [-0.4, -0.2) is 38.5 Å². The van der Waals surface area contributed by atoms with Crippen LogP contribution < -0.4 is 10.2 Å². The van der Waals surface area contributed by atoms with Gasteiger partial charge in [-0.05, 0) is 24.6 Å². The van der Waals surface area contributed by atoms with Crippen molar-refractivity contribution in [2.24, 2.45) is 0 Å². The summed E-state index contributed by atoms with van der Waals surface area (Å²) < 4.78 is 5.33. The number of rotatable bonds is 5. The van der Waals surface area contributed by atoms with Crippen LogP contribution >= 0.6 is 0 Å². The van der Waals surface area contributed by atoms with Gasteiger partial charge in [-0.3, -0.25) is 10.2 Å². The van der Waals surface area contributed by atoms with Crippen molar-refractivity contribution < 1.29 is 9.53 Å². The molecule has 0 aromatic heterocycles. The molecule has 100 valence electrons. The van der Waals surface area contributed by atoms with Crippen molar-refractivity contribution in [1.82, 2.24) is 10.4 Å². The van der Waals surface area contributed by atoms with E-state index in [1.165, 1.54) is 0 Å². The Labute approximate surface area is 112 Å². The van der Waals surface area contributed by atoms with Gasteiger partial charge in [0.15, 0.2) is 5.78 Å². The number of hydrogen-bond donors (Lipinski definition) is 1. The van der Waals surface area contributed by atoms with Gasteiger partial charge in [0.1, 0.15) is 5.75 Å². The molecule has 0 saturated heterocycles. The second kappa shape index (κ2) is 5.82. The Morgan fingerprint density at radius 2 is 1.89 bits per heavy atom. The molecule has 0 aliphatic rings. The average Bonchev–Trinajstić information content (AvgIpc) is 2.45. The molecule has 2 aromatic carbocycles. The van der Waals surface area contributed by atoms with E-state index in [1.807, 2.05) is 43.4 Å². The van der Waals surface area contributed by atoms with Crippen molar-refractivity contribution in [2.75, 3.05) is 27.7 Å². The number of ketones is 1. The van der Waals surface area contributed by atoms with Crippen LogP contribution in [0.25, 0.3) is 10.8 Å².